The van der Waals surface area contributed by atoms with Gasteiger partial charge in [-0.05, 0) is 30.7 Å². The fourth-order valence-electron chi connectivity index (χ4n) is 3.39. The topological polar surface area (TPSA) is 97.2 Å². The fraction of sp³-hybridized carbons (Fsp3) is 0.286. The SMILES string of the molecule is COC(=O)C[C@H](c1cccc(Br)c1)c1c(O)cc(C)n(CCc2cnc[nH]2)c1=O. The highest BCUT2D eigenvalue weighted by atomic mass is 79.9. The van der Waals surface area contributed by atoms with Gasteiger partial charge in [0.2, 0.25) is 0 Å². The van der Waals surface area contributed by atoms with Crippen LogP contribution in [-0.2, 0) is 22.5 Å². The summed E-state index contributed by atoms with van der Waals surface area (Å²) in [6, 6.07) is 8.90. The van der Waals surface area contributed by atoms with Gasteiger partial charge in [0.05, 0.1) is 25.4 Å². The number of benzene rings is 1. The smallest absolute Gasteiger partial charge is 0.306 e. The van der Waals surface area contributed by atoms with Crippen LogP contribution in [0.15, 0.2) is 52.1 Å². The van der Waals surface area contributed by atoms with Gasteiger partial charge in [0, 0.05) is 40.9 Å². The van der Waals surface area contributed by atoms with Gasteiger partial charge in [0.25, 0.3) is 5.56 Å². The number of aromatic hydroxyl groups is 1. The monoisotopic (exact) mass is 459 g/mol. The number of aryl methyl sites for hydroxylation is 2. The van der Waals surface area contributed by atoms with Crippen LogP contribution in [0.2, 0.25) is 0 Å². The number of nitrogens with one attached hydrogen (secondary N) is 1. The standard InChI is InChI=1S/C21H22BrN3O4/c1-13-8-18(26)20(21(28)25(13)7-6-16-11-23-12-24-16)17(10-19(27)29-2)14-4-3-5-15(22)9-14/h3-5,8-9,11-12,17,26H,6-7,10H2,1-2H3,(H,23,24)/t17-/m1/s1. The molecule has 152 valence electrons. The molecular weight excluding hydrogens is 438 g/mol. The lowest BCUT2D eigenvalue weighted by atomic mass is 9.88. The number of hydrogen-bond donors (Lipinski definition) is 2. The number of carbonyl (C=O) groups is 1. The normalized spacial score (nSPS) is 12.0. The molecule has 0 spiro atoms. The van der Waals surface area contributed by atoms with E-state index in [1.807, 2.05) is 24.3 Å². The van der Waals surface area contributed by atoms with E-state index >= 15 is 0 Å². The zero-order valence-electron chi connectivity index (χ0n) is 16.2. The maximum Gasteiger partial charge on any atom is 0.306 e. The molecule has 0 aliphatic carbocycles. The molecule has 1 aromatic carbocycles. The minimum absolute atomic E-state index is 0.0562. The van der Waals surface area contributed by atoms with Gasteiger partial charge in [0.1, 0.15) is 5.75 Å². The van der Waals surface area contributed by atoms with Crippen molar-refractivity contribution >= 4 is 21.9 Å². The highest BCUT2D eigenvalue weighted by Crippen LogP contribution is 2.33. The quantitative estimate of drug-likeness (QED) is 0.528. The number of pyridine rings is 1. The second kappa shape index (κ2) is 9.09. The number of rotatable bonds is 7. The number of aromatic nitrogens is 3. The minimum Gasteiger partial charge on any atom is -0.507 e. The highest BCUT2D eigenvalue weighted by molar-refractivity contribution is 9.10. The molecule has 3 aromatic rings. The van der Waals surface area contributed by atoms with Gasteiger partial charge in [-0.2, -0.15) is 0 Å². The second-order valence-electron chi connectivity index (χ2n) is 6.76. The summed E-state index contributed by atoms with van der Waals surface area (Å²) in [5, 5.41) is 10.6. The van der Waals surface area contributed by atoms with Gasteiger partial charge in [-0.1, -0.05) is 28.1 Å². The molecule has 0 radical (unpaired) electrons. The number of aromatic amines is 1. The number of methoxy groups -OCH3 is 1. The van der Waals surface area contributed by atoms with Gasteiger partial charge in [-0.15, -0.1) is 0 Å². The van der Waals surface area contributed by atoms with Crippen LogP contribution < -0.4 is 5.56 Å². The molecule has 8 heteroatoms. The van der Waals surface area contributed by atoms with Gasteiger partial charge < -0.3 is 19.4 Å². The van der Waals surface area contributed by atoms with E-state index in [1.165, 1.54) is 7.11 Å². The van der Waals surface area contributed by atoms with Crippen molar-refractivity contribution in [2.24, 2.45) is 0 Å². The lowest BCUT2D eigenvalue weighted by molar-refractivity contribution is -0.140. The van der Waals surface area contributed by atoms with Crippen LogP contribution in [0.1, 0.15) is 34.9 Å². The predicted molar refractivity (Wildman–Crippen MR) is 112 cm³/mol. The zero-order chi connectivity index (χ0) is 21.0. The van der Waals surface area contributed by atoms with Crippen molar-refractivity contribution in [2.45, 2.75) is 32.2 Å². The molecular formula is C21H22BrN3O4. The number of hydrogen-bond acceptors (Lipinski definition) is 5. The van der Waals surface area contributed by atoms with E-state index in [0.717, 1.165) is 15.7 Å². The lowest BCUT2D eigenvalue weighted by Gasteiger charge is -2.20. The molecule has 0 aliphatic heterocycles. The molecule has 0 saturated heterocycles. The third-order valence-corrected chi connectivity index (χ3v) is 5.37. The molecule has 2 heterocycles. The summed E-state index contributed by atoms with van der Waals surface area (Å²) in [5.74, 6) is -1.22. The molecule has 0 aliphatic rings. The molecule has 0 saturated carbocycles. The Bertz CT molecular complexity index is 1060. The number of H-pyrrole nitrogens is 1. The van der Waals surface area contributed by atoms with Gasteiger partial charge in [0.15, 0.2) is 0 Å². The van der Waals surface area contributed by atoms with E-state index in [9.17, 15) is 14.7 Å². The Morgan fingerprint density at radius 3 is 2.83 bits per heavy atom. The summed E-state index contributed by atoms with van der Waals surface area (Å²) in [6.45, 7) is 2.19. The lowest BCUT2D eigenvalue weighted by Crippen LogP contribution is -2.29. The Kier molecular flexibility index (Phi) is 6.53. The average Bonchev–Trinajstić information content (AvgIpc) is 3.20. The molecule has 2 aromatic heterocycles. The summed E-state index contributed by atoms with van der Waals surface area (Å²) < 4.78 is 7.26. The second-order valence-corrected chi connectivity index (χ2v) is 7.67. The van der Waals surface area contributed by atoms with Crippen LogP contribution in [0.4, 0.5) is 0 Å². The number of carbonyl (C=O) groups excluding carboxylic acids is 1. The van der Waals surface area contributed by atoms with Crippen LogP contribution in [0.25, 0.3) is 0 Å². The molecule has 7 nitrogen and oxygen atoms in total. The maximum atomic E-state index is 13.4. The van der Waals surface area contributed by atoms with E-state index in [1.54, 1.807) is 30.1 Å². The Hall–Kier alpha value is -2.87. The van der Waals surface area contributed by atoms with Crippen molar-refractivity contribution in [3.05, 3.63) is 80.2 Å². The molecule has 1 atom stereocenters. The Morgan fingerprint density at radius 1 is 1.38 bits per heavy atom. The van der Waals surface area contributed by atoms with Crippen LogP contribution >= 0.6 is 15.9 Å². The molecule has 2 N–H and O–H groups in total. The molecule has 0 amide bonds. The van der Waals surface area contributed by atoms with Crippen molar-refractivity contribution in [3.63, 3.8) is 0 Å². The van der Waals surface area contributed by atoms with Crippen molar-refractivity contribution in [2.75, 3.05) is 7.11 Å². The van der Waals surface area contributed by atoms with Crippen LogP contribution in [-0.4, -0.2) is 32.7 Å². The number of nitrogens with zero attached hydrogens (tertiary/aromatic N) is 2. The first-order chi connectivity index (χ1) is 13.9. The molecule has 0 fully saturated rings. The van der Waals surface area contributed by atoms with Crippen molar-refractivity contribution in [1.29, 1.82) is 0 Å². The van der Waals surface area contributed by atoms with E-state index in [4.69, 9.17) is 4.74 Å². The summed E-state index contributed by atoms with van der Waals surface area (Å²) in [7, 11) is 1.30. The number of ether oxygens (including phenoxy) is 1. The van der Waals surface area contributed by atoms with Crippen molar-refractivity contribution in [1.82, 2.24) is 14.5 Å². The molecule has 29 heavy (non-hydrogen) atoms. The summed E-state index contributed by atoms with van der Waals surface area (Å²) in [4.78, 5) is 32.4. The zero-order valence-corrected chi connectivity index (χ0v) is 17.8. The average molecular weight is 460 g/mol. The summed E-state index contributed by atoms with van der Waals surface area (Å²) in [5.41, 5.74) is 2.15. The molecule has 0 unspecified atom stereocenters. The highest BCUT2D eigenvalue weighted by Gasteiger charge is 2.26. The molecule has 0 bridgehead atoms. The first kappa shape index (κ1) is 20.9. The predicted octanol–water partition coefficient (Wildman–Crippen LogP) is 3.29. The van der Waals surface area contributed by atoms with Crippen LogP contribution in [0.3, 0.4) is 0 Å². The van der Waals surface area contributed by atoms with Gasteiger partial charge >= 0.3 is 5.97 Å². The fourth-order valence-corrected chi connectivity index (χ4v) is 3.80. The first-order valence-electron chi connectivity index (χ1n) is 9.13. The first-order valence-corrected chi connectivity index (χ1v) is 9.92. The largest absolute Gasteiger partial charge is 0.507 e. The van der Waals surface area contributed by atoms with Gasteiger partial charge in [-0.25, -0.2) is 4.98 Å². The van der Waals surface area contributed by atoms with Crippen LogP contribution in [0, 0.1) is 6.92 Å². The Labute approximate surface area is 176 Å². The third kappa shape index (κ3) is 4.76. The number of halogens is 1. The number of imidazole rings is 1. The summed E-state index contributed by atoms with van der Waals surface area (Å²) in [6.07, 6.45) is 3.83. The van der Waals surface area contributed by atoms with Crippen molar-refractivity contribution < 1.29 is 14.6 Å². The van der Waals surface area contributed by atoms with Gasteiger partial charge in [-0.3, -0.25) is 9.59 Å². The van der Waals surface area contributed by atoms with E-state index in [-0.39, 0.29) is 23.3 Å². The van der Waals surface area contributed by atoms with E-state index < -0.39 is 11.9 Å². The van der Waals surface area contributed by atoms with E-state index in [2.05, 4.69) is 25.9 Å². The Morgan fingerprint density at radius 2 is 2.17 bits per heavy atom. The maximum absolute atomic E-state index is 13.4. The third-order valence-electron chi connectivity index (χ3n) is 4.88. The molecule has 3 rings (SSSR count). The van der Waals surface area contributed by atoms with E-state index in [0.29, 0.717) is 18.7 Å². The summed E-state index contributed by atoms with van der Waals surface area (Å²) >= 11 is 3.42. The Balaban J connectivity index is 2.07. The van der Waals surface area contributed by atoms with Crippen molar-refractivity contribution in [3.8, 4) is 5.75 Å². The minimum atomic E-state index is -0.633. The number of esters is 1. The van der Waals surface area contributed by atoms with Crippen LogP contribution in [0.5, 0.6) is 5.75 Å².